The van der Waals surface area contributed by atoms with Crippen molar-refractivity contribution in [2.24, 2.45) is 0 Å². The van der Waals surface area contributed by atoms with Crippen molar-refractivity contribution in [1.29, 1.82) is 0 Å². The Morgan fingerprint density at radius 1 is 0.776 bits per heavy atom. The smallest absolute Gasteiger partial charge is 0.339 e. The van der Waals surface area contributed by atoms with Gasteiger partial charge in [-0.3, -0.25) is 8.98 Å². The van der Waals surface area contributed by atoms with Crippen molar-refractivity contribution in [3.63, 3.8) is 0 Å². The van der Waals surface area contributed by atoms with Gasteiger partial charge in [0.1, 0.15) is 23.7 Å². The van der Waals surface area contributed by atoms with Gasteiger partial charge in [-0.25, -0.2) is 4.79 Å². The van der Waals surface area contributed by atoms with Crippen LogP contribution in [0, 0.1) is 0 Å². The molecular weight excluding hydrogens is 779 g/mol. The van der Waals surface area contributed by atoms with Crippen LogP contribution in [0.25, 0.3) is 0 Å². The Labute approximate surface area is 345 Å². The van der Waals surface area contributed by atoms with Crippen LogP contribution in [-0.4, -0.2) is 118 Å². The maximum atomic E-state index is 14.3. The van der Waals surface area contributed by atoms with E-state index in [9.17, 15) is 18.0 Å². The number of esters is 1. The number of nitrogens with zero attached hydrogens (tertiary/aromatic N) is 1. The van der Waals surface area contributed by atoms with Crippen LogP contribution in [-0.2, 0) is 47.2 Å². The molecular formula is C44H59NO11SSi. The molecule has 1 amide bonds. The molecule has 1 saturated heterocycles. The summed E-state index contributed by atoms with van der Waals surface area (Å²) < 4.78 is 71.1. The van der Waals surface area contributed by atoms with Gasteiger partial charge in [0.2, 0.25) is 0 Å². The van der Waals surface area contributed by atoms with Gasteiger partial charge < -0.3 is 33.0 Å². The first-order chi connectivity index (χ1) is 27.8. The van der Waals surface area contributed by atoms with Crippen LogP contribution in [0.2, 0.25) is 5.04 Å². The van der Waals surface area contributed by atoms with E-state index >= 15 is 0 Å². The highest BCUT2D eigenvalue weighted by molar-refractivity contribution is 7.86. The van der Waals surface area contributed by atoms with Crippen LogP contribution < -0.4 is 10.4 Å². The Hall–Kier alpha value is -3.73. The third-order valence-electron chi connectivity index (χ3n) is 10.4. The number of rotatable bonds is 18. The van der Waals surface area contributed by atoms with Crippen molar-refractivity contribution in [2.75, 3.05) is 53.7 Å². The zero-order valence-electron chi connectivity index (χ0n) is 34.5. The van der Waals surface area contributed by atoms with E-state index in [0.29, 0.717) is 39.1 Å². The molecule has 2 aliphatic heterocycles. The zero-order valence-corrected chi connectivity index (χ0v) is 36.4. The molecule has 2 aliphatic rings. The second-order valence-electron chi connectivity index (χ2n) is 15.6. The summed E-state index contributed by atoms with van der Waals surface area (Å²) in [6, 6.07) is 26.3. The molecule has 3 aromatic rings. The Morgan fingerprint density at radius 2 is 1.38 bits per heavy atom. The molecule has 0 bridgehead atoms. The lowest BCUT2D eigenvalue weighted by Gasteiger charge is -2.45. The minimum Gasteiger partial charge on any atom is -0.460 e. The first-order valence-electron chi connectivity index (χ1n) is 20.1. The Morgan fingerprint density at radius 3 is 2.02 bits per heavy atom. The molecule has 0 saturated carbocycles. The largest absolute Gasteiger partial charge is 0.460 e. The van der Waals surface area contributed by atoms with E-state index in [2.05, 4.69) is 45.0 Å². The van der Waals surface area contributed by atoms with E-state index in [1.165, 1.54) is 23.1 Å². The predicted molar refractivity (Wildman–Crippen MR) is 223 cm³/mol. The average Bonchev–Trinajstić information content (AvgIpc) is 3.20. The second kappa shape index (κ2) is 21.0. The van der Waals surface area contributed by atoms with Gasteiger partial charge in [0, 0.05) is 40.2 Å². The Kier molecular flexibility index (Phi) is 16.4. The minimum absolute atomic E-state index is 0.0776. The molecule has 0 aromatic heterocycles. The van der Waals surface area contributed by atoms with E-state index in [-0.39, 0.29) is 47.6 Å². The van der Waals surface area contributed by atoms with Crippen molar-refractivity contribution in [1.82, 2.24) is 4.90 Å². The van der Waals surface area contributed by atoms with Gasteiger partial charge in [-0.15, -0.1) is 0 Å². The summed E-state index contributed by atoms with van der Waals surface area (Å²) >= 11 is 0. The molecule has 2 heterocycles. The maximum absolute atomic E-state index is 14.3. The molecule has 12 nitrogen and oxygen atoms in total. The first-order valence-corrected chi connectivity index (χ1v) is 23.4. The highest BCUT2D eigenvalue weighted by atomic mass is 32.2. The highest BCUT2D eigenvalue weighted by Gasteiger charge is 2.51. The Balaban J connectivity index is 1.42. The van der Waals surface area contributed by atoms with Crippen LogP contribution in [0.1, 0.15) is 63.7 Å². The van der Waals surface area contributed by atoms with Crippen molar-refractivity contribution in [3.8, 4) is 0 Å². The standard InChI is InChI=1S/C44H59NO11SSi/c1-7-50-28-29-51-30-31-52-43(47)35-22-14-17-25-41(35)57(48,49)56-40-32-39-36(23-15-16-24-38(55-39)42(46)45(5)6)54-37(40)26-27-53-58(44(2,3)4,33-18-10-8-11-19-33)34-20-12-9-13-21-34/h8-22,25,36-40H,7,23-24,26-32H2,1-6H3/b16-15-/t36-,37+,38+,39-,40-/m0/s1. The molecule has 1 fully saturated rings. The van der Waals surface area contributed by atoms with Crippen LogP contribution in [0.15, 0.2) is 102 Å². The van der Waals surface area contributed by atoms with Gasteiger partial charge >= 0.3 is 5.97 Å². The molecule has 0 spiro atoms. The van der Waals surface area contributed by atoms with Gasteiger partial charge in [0.05, 0.1) is 43.7 Å². The SMILES string of the molecule is CCOCCOCCOC(=O)c1ccccc1S(=O)(=O)O[C@H]1C[C@@H]2O[C@@H](C(=O)N(C)C)C/C=C\C[C@@H]2O[C@@H]1CCO[Si](c1ccccc1)(c1ccccc1)C(C)(C)C. The first kappa shape index (κ1) is 45.4. The predicted octanol–water partition coefficient (Wildman–Crippen LogP) is 5.29. The molecule has 0 N–H and O–H groups in total. The average molecular weight is 838 g/mol. The summed E-state index contributed by atoms with van der Waals surface area (Å²) in [5.41, 5.74) is -0.165. The van der Waals surface area contributed by atoms with Crippen LogP contribution >= 0.6 is 0 Å². The number of amides is 1. The third kappa shape index (κ3) is 11.3. The number of hydrogen-bond donors (Lipinski definition) is 0. The number of benzene rings is 3. The second-order valence-corrected chi connectivity index (χ2v) is 21.5. The van der Waals surface area contributed by atoms with Gasteiger partial charge in [0.15, 0.2) is 0 Å². The summed E-state index contributed by atoms with van der Waals surface area (Å²) in [4.78, 5) is 27.5. The molecule has 58 heavy (non-hydrogen) atoms. The zero-order chi connectivity index (χ0) is 41.8. The van der Waals surface area contributed by atoms with Crippen molar-refractivity contribution >= 4 is 40.7 Å². The van der Waals surface area contributed by atoms with E-state index in [1.54, 1.807) is 20.2 Å². The number of hydrogen-bond acceptors (Lipinski definition) is 11. The molecule has 316 valence electrons. The van der Waals surface area contributed by atoms with Gasteiger partial charge in [-0.05, 0) is 47.3 Å². The van der Waals surface area contributed by atoms with Gasteiger partial charge in [0.25, 0.3) is 24.3 Å². The van der Waals surface area contributed by atoms with Crippen molar-refractivity contribution < 1.29 is 50.3 Å². The molecule has 0 radical (unpaired) electrons. The fourth-order valence-corrected chi connectivity index (χ4v) is 13.5. The molecule has 0 aliphatic carbocycles. The topological polar surface area (TPSA) is 136 Å². The summed E-state index contributed by atoms with van der Waals surface area (Å²) in [7, 11) is -4.18. The van der Waals surface area contributed by atoms with E-state index in [0.717, 1.165) is 10.4 Å². The van der Waals surface area contributed by atoms with Crippen molar-refractivity contribution in [3.05, 3.63) is 103 Å². The number of carbonyl (C=O) groups is 2. The number of fused-ring (bicyclic) bond motifs is 1. The summed E-state index contributed by atoms with van der Waals surface area (Å²) in [6.07, 6.45) is 1.47. The number of likely N-dealkylation sites (N-methyl/N-ethyl adjacent to an activating group) is 1. The van der Waals surface area contributed by atoms with E-state index in [4.69, 9.17) is 32.3 Å². The fourth-order valence-electron chi connectivity index (χ4n) is 7.59. The van der Waals surface area contributed by atoms with Crippen LogP contribution in [0.4, 0.5) is 0 Å². The maximum Gasteiger partial charge on any atom is 0.339 e. The van der Waals surface area contributed by atoms with Crippen molar-refractivity contribution in [2.45, 2.75) is 93.8 Å². The molecule has 5 rings (SSSR count). The van der Waals surface area contributed by atoms with E-state index in [1.807, 2.05) is 55.5 Å². The quantitative estimate of drug-likeness (QED) is 0.0544. The minimum atomic E-state index is -4.58. The number of ether oxygens (including phenoxy) is 5. The third-order valence-corrected chi connectivity index (χ3v) is 16.8. The molecule has 0 unspecified atom stereocenters. The van der Waals surface area contributed by atoms with E-state index < -0.39 is 54.9 Å². The summed E-state index contributed by atoms with van der Waals surface area (Å²) in [5, 5.41) is 1.95. The molecule has 14 heteroatoms. The van der Waals surface area contributed by atoms with Gasteiger partial charge in [-0.2, -0.15) is 8.42 Å². The van der Waals surface area contributed by atoms with Crippen LogP contribution in [0.3, 0.4) is 0 Å². The molecule has 5 atom stereocenters. The fraction of sp³-hybridized carbons (Fsp3) is 0.500. The summed E-state index contributed by atoms with van der Waals surface area (Å²) in [5.74, 6) is -1.03. The van der Waals surface area contributed by atoms with Crippen LogP contribution in [0.5, 0.6) is 0 Å². The lowest BCUT2D eigenvalue weighted by Crippen LogP contribution is -2.66. The normalized spacial score (nSPS) is 21.9. The molecule has 3 aromatic carbocycles. The monoisotopic (exact) mass is 837 g/mol. The Bertz CT molecular complexity index is 1860. The van der Waals surface area contributed by atoms with Gasteiger partial charge in [-0.1, -0.05) is 106 Å². The summed E-state index contributed by atoms with van der Waals surface area (Å²) in [6.45, 7) is 10.1. The lowest BCUT2D eigenvalue weighted by molar-refractivity contribution is -0.196. The lowest BCUT2D eigenvalue weighted by atomic mass is 9.93. The number of carbonyl (C=O) groups excluding carboxylic acids is 2. The highest BCUT2D eigenvalue weighted by Crippen LogP contribution is 2.38.